The molecule has 1 aromatic heterocycles. The minimum absolute atomic E-state index is 0.139. The molecule has 2 aliphatic rings. The zero-order chi connectivity index (χ0) is 28.1. The highest BCUT2D eigenvalue weighted by atomic mass is 32.2. The molecule has 40 heavy (non-hydrogen) atoms. The summed E-state index contributed by atoms with van der Waals surface area (Å²) in [5, 5.41) is 5.73. The predicted octanol–water partition coefficient (Wildman–Crippen LogP) is 5.05. The molecule has 0 spiro atoms. The summed E-state index contributed by atoms with van der Waals surface area (Å²) in [6, 6.07) is 18.1. The van der Waals surface area contributed by atoms with E-state index in [-0.39, 0.29) is 37.1 Å². The number of aliphatic imine (C=N–C) groups is 2. The molecular formula is C30H31N5O4S. The standard InChI is InChI=1S/C30H31N5O4S/c1-3-19-11-13-20(14-12-19)32-28(37)25(4-2)40-30-34-23-10-6-5-9-22(23)27-33-24(29(38)35(27)30)15-16-26(36)31-18-21-8-7-17-39-21/h5-14,17,24-25H,3-4,15-16,18H2,1-2H3,(H,31,36)(H,32,37). The van der Waals surface area contributed by atoms with Crippen LogP contribution in [-0.2, 0) is 27.3 Å². The first-order valence-corrected chi connectivity index (χ1v) is 14.3. The summed E-state index contributed by atoms with van der Waals surface area (Å²) in [7, 11) is 0. The van der Waals surface area contributed by atoms with Gasteiger partial charge in [0.15, 0.2) is 5.17 Å². The predicted molar refractivity (Wildman–Crippen MR) is 157 cm³/mol. The number of furan rings is 1. The summed E-state index contributed by atoms with van der Waals surface area (Å²) < 4.78 is 5.25. The zero-order valence-electron chi connectivity index (χ0n) is 22.4. The van der Waals surface area contributed by atoms with Gasteiger partial charge in [-0.2, -0.15) is 0 Å². The first kappa shape index (κ1) is 27.4. The Bertz CT molecular complexity index is 1450. The molecule has 9 nitrogen and oxygen atoms in total. The number of aryl methyl sites for hydroxylation is 1. The number of amides is 3. The van der Waals surface area contributed by atoms with Gasteiger partial charge in [-0.15, -0.1) is 0 Å². The highest BCUT2D eigenvalue weighted by molar-refractivity contribution is 8.15. The van der Waals surface area contributed by atoms with Gasteiger partial charge in [0.05, 0.1) is 23.7 Å². The number of carbonyl (C=O) groups excluding carboxylic acids is 3. The second kappa shape index (κ2) is 12.3. The maximum Gasteiger partial charge on any atom is 0.259 e. The normalized spacial score (nSPS) is 16.5. The molecule has 206 valence electrons. The van der Waals surface area contributed by atoms with E-state index in [1.807, 2.05) is 55.5 Å². The third kappa shape index (κ3) is 6.02. The fourth-order valence-corrected chi connectivity index (χ4v) is 5.54. The molecule has 2 unspecified atom stereocenters. The molecule has 5 rings (SSSR count). The zero-order valence-corrected chi connectivity index (χ0v) is 23.2. The van der Waals surface area contributed by atoms with E-state index in [1.165, 1.54) is 22.2 Å². The molecule has 3 heterocycles. The molecule has 0 radical (unpaired) electrons. The van der Waals surface area contributed by atoms with Crippen LogP contribution >= 0.6 is 11.8 Å². The molecule has 2 aromatic carbocycles. The molecule has 3 aromatic rings. The first-order chi connectivity index (χ1) is 19.5. The van der Waals surface area contributed by atoms with Crippen LogP contribution in [-0.4, -0.2) is 44.9 Å². The molecule has 2 aliphatic heterocycles. The number of fused-ring (bicyclic) bond motifs is 3. The topological polar surface area (TPSA) is 116 Å². The highest BCUT2D eigenvalue weighted by Crippen LogP contribution is 2.36. The van der Waals surface area contributed by atoms with Crippen molar-refractivity contribution in [3.05, 3.63) is 83.8 Å². The van der Waals surface area contributed by atoms with Crippen LogP contribution in [0.4, 0.5) is 11.4 Å². The lowest BCUT2D eigenvalue weighted by Gasteiger charge is -2.27. The number of anilines is 1. The summed E-state index contributed by atoms with van der Waals surface area (Å²) in [5.41, 5.74) is 3.36. The molecule has 0 saturated carbocycles. The van der Waals surface area contributed by atoms with Crippen molar-refractivity contribution in [2.45, 2.75) is 57.4 Å². The van der Waals surface area contributed by atoms with Crippen LogP contribution in [0.5, 0.6) is 0 Å². The number of hydrogen-bond acceptors (Lipinski definition) is 7. The Morgan fingerprint density at radius 3 is 2.60 bits per heavy atom. The Balaban J connectivity index is 1.29. The molecule has 2 atom stereocenters. The molecule has 3 amide bonds. The summed E-state index contributed by atoms with van der Waals surface area (Å²) in [5.74, 6) is 0.565. The number of rotatable bonds is 10. The molecule has 0 aliphatic carbocycles. The number of para-hydroxylation sites is 1. The minimum Gasteiger partial charge on any atom is -0.467 e. The van der Waals surface area contributed by atoms with Gasteiger partial charge in [0.2, 0.25) is 11.8 Å². The van der Waals surface area contributed by atoms with Crippen molar-refractivity contribution in [1.82, 2.24) is 10.2 Å². The van der Waals surface area contributed by atoms with Crippen molar-refractivity contribution >= 4 is 51.9 Å². The second-order valence-electron chi connectivity index (χ2n) is 9.50. The highest BCUT2D eigenvalue weighted by Gasteiger charge is 2.42. The molecule has 0 saturated heterocycles. The fourth-order valence-electron chi connectivity index (χ4n) is 4.52. The SMILES string of the molecule is CCc1ccc(NC(=O)C(CC)SC2=Nc3ccccc3C3=NC(CCC(=O)NCc4ccco4)C(=O)N23)cc1. The Morgan fingerprint density at radius 2 is 1.88 bits per heavy atom. The number of nitrogens with zero attached hydrogens (tertiary/aromatic N) is 3. The van der Waals surface area contributed by atoms with Crippen LogP contribution in [0, 0.1) is 0 Å². The van der Waals surface area contributed by atoms with Crippen molar-refractivity contribution in [3.63, 3.8) is 0 Å². The van der Waals surface area contributed by atoms with E-state index in [0.717, 1.165) is 17.7 Å². The largest absolute Gasteiger partial charge is 0.467 e. The van der Waals surface area contributed by atoms with Crippen molar-refractivity contribution in [2.24, 2.45) is 9.98 Å². The van der Waals surface area contributed by atoms with Gasteiger partial charge in [0.25, 0.3) is 5.91 Å². The number of carbonyl (C=O) groups is 3. The lowest BCUT2D eigenvalue weighted by molar-refractivity contribution is -0.125. The van der Waals surface area contributed by atoms with Gasteiger partial charge < -0.3 is 15.1 Å². The lowest BCUT2D eigenvalue weighted by atomic mass is 10.1. The Labute approximate surface area is 237 Å². The summed E-state index contributed by atoms with van der Waals surface area (Å²) in [4.78, 5) is 50.2. The van der Waals surface area contributed by atoms with E-state index in [0.29, 0.717) is 28.9 Å². The van der Waals surface area contributed by atoms with E-state index in [9.17, 15) is 14.4 Å². The van der Waals surface area contributed by atoms with Crippen molar-refractivity contribution in [1.29, 1.82) is 0 Å². The first-order valence-electron chi connectivity index (χ1n) is 13.4. The van der Waals surface area contributed by atoms with Gasteiger partial charge in [-0.05, 0) is 61.2 Å². The molecule has 0 bridgehead atoms. The smallest absolute Gasteiger partial charge is 0.259 e. The number of hydrogen-bond donors (Lipinski definition) is 2. The van der Waals surface area contributed by atoms with E-state index in [1.54, 1.807) is 18.4 Å². The van der Waals surface area contributed by atoms with Crippen LogP contribution in [0.25, 0.3) is 0 Å². The van der Waals surface area contributed by atoms with Crippen molar-refractivity contribution in [2.75, 3.05) is 5.32 Å². The number of nitrogens with one attached hydrogen (secondary N) is 2. The van der Waals surface area contributed by atoms with Crippen molar-refractivity contribution < 1.29 is 18.8 Å². The van der Waals surface area contributed by atoms with E-state index >= 15 is 0 Å². The van der Waals surface area contributed by atoms with E-state index in [2.05, 4.69) is 17.6 Å². The van der Waals surface area contributed by atoms with Crippen LogP contribution in [0.2, 0.25) is 0 Å². The Morgan fingerprint density at radius 1 is 1.07 bits per heavy atom. The van der Waals surface area contributed by atoms with Gasteiger partial charge in [0, 0.05) is 17.7 Å². The van der Waals surface area contributed by atoms with Gasteiger partial charge in [-0.1, -0.05) is 49.9 Å². The van der Waals surface area contributed by atoms with Gasteiger partial charge in [-0.3, -0.25) is 19.4 Å². The van der Waals surface area contributed by atoms with E-state index < -0.39 is 11.3 Å². The quantitative estimate of drug-likeness (QED) is 0.362. The average Bonchev–Trinajstić information content (AvgIpc) is 3.62. The fraction of sp³-hybridized carbons (Fsp3) is 0.300. The van der Waals surface area contributed by atoms with E-state index in [4.69, 9.17) is 14.4 Å². The summed E-state index contributed by atoms with van der Waals surface area (Å²) in [6.45, 7) is 4.30. The number of amidine groups is 2. The monoisotopic (exact) mass is 557 g/mol. The Kier molecular flexibility index (Phi) is 8.45. The molecule has 10 heteroatoms. The van der Waals surface area contributed by atoms with Crippen molar-refractivity contribution in [3.8, 4) is 0 Å². The van der Waals surface area contributed by atoms with Crippen LogP contribution in [0.3, 0.4) is 0 Å². The second-order valence-corrected chi connectivity index (χ2v) is 10.7. The summed E-state index contributed by atoms with van der Waals surface area (Å²) >= 11 is 1.25. The average molecular weight is 558 g/mol. The minimum atomic E-state index is -0.715. The third-order valence-corrected chi connectivity index (χ3v) is 8.09. The van der Waals surface area contributed by atoms with Crippen LogP contribution in [0.15, 0.2) is 81.3 Å². The van der Waals surface area contributed by atoms with Gasteiger partial charge in [0.1, 0.15) is 17.6 Å². The third-order valence-electron chi connectivity index (χ3n) is 6.77. The number of benzene rings is 2. The molecular weight excluding hydrogens is 526 g/mol. The maximum atomic E-state index is 13.6. The van der Waals surface area contributed by atoms with Gasteiger partial charge in [-0.25, -0.2) is 9.89 Å². The number of thioether (sulfide) groups is 1. The Hall–Kier alpha value is -4.18. The van der Waals surface area contributed by atoms with Gasteiger partial charge >= 0.3 is 0 Å². The summed E-state index contributed by atoms with van der Waals surface area (Å²) in [6.07, 6.45) is 3.41. The maximum absolute atomic E-state index is 13.6. The lowest BCUT2D eigenvalue weighted by Crippen LogP contribution is -2.42. The van der Waals surface area contributed by atoms with Crippen LogP contribution in [0.1, 0.15) is 50.0 Å². The molecule has 0 fully saturated rings. The molecule has 2 N–H and O–H groups in total. The van der Waals surface area contributed by atoms with Crippen LogP contribution < -0.4 is 10.6 Å².